The molecule has 0 amide bonds. The zero-order valence-electron chi connectivity index (χ0n) is 8.59. The minimum Gasteiger partial charge on any atom is -0.295 e. The summed E-state index contributed by atoms with van der Waals surface area (Å²) in [5.41, 5.74) is 5.39. The van der Waals surface area contributed by atoms with Crippen LogP contribution in [0.15, 0.2) is 36.5 Å². The number of hydrogen-bond acceptors (Lipinski definition) is 3. The van der Waals surface area contributed by atoms with Gasteiger partial charge in [0.1, 0.15) is 5.69 Å². The normalized spacial score (nSPS) is 13.6. The first-order chi connectivity index (χ1) is 8.01. The van der Waals surface area contributed by atoms with Crippen LogP contribution >= 0.6 is 0 Å². The van der Waals surface area contributed by atoms with Gasteiger partial charge in [-0.1, -0.05) is 35.5 Å². The Labute approximate surface area is 94.9 Å². The molecule has 17 heavy (non-hydrogen) atoms. The molecule has 1 aromatic heterocycles. The zero-order valence-corrected chi connectivity index (χ0v) is 8.59. The Hall–Kier alpha value is -1.89. The van der Waals surface area contributed by atoms with E-state index >= 15 is 0 Å². The Kier molecular flexibility index (Phi) is 2.84. The van der Waals surface area contributed by atoms with Crippen LogP contribution in [0.3, 0.4) is 0 Å². The molecule has 0 aliphatic rings. The maximum absolute atomic E-state index is 13.2. The highest BCUT2D eigenvalue weighted by molar-refractivity contribution is 5.57. The topological polar surface area (TPSA) is 56.7 Å². The van der Waals surface area contributed by atoms with Gasteiger partial charge >= 0.3 is 6.05 Å². The fourth-order valence-corrected chi connectivity index (χ4v) is 1.28. The minimum atomic E-state index is -3.90. The molecule has 90 valence electrons. The number of nitrogens with zero attached hydrogens (tertiary/aromatic N) is 3. The average molecular weight is 242 g/mol. The van der Waals surface area contributed by atoms with Crippen molar-refractivity contribution in [2.24, 2.45) is 5.73 Å². The number of nitrogens with two attached hydrogens (primary N) is 1. The Balaban J connectivity index is 2.35. The van der Waals surface area contributed by atoms with Gasteiger partial charge in [0, 0.05) is 5.56 Å². The van der Waals surface area contributed by atoms with Gasteiger partial charge in [0.2, 0.25) is 6.30 Å². The van der Waals surface area contributed by atoms with Gasteiger partial charge in [-0.3, -0.25) is 5.73 Å². The third-order valence-corrected chi connectivity index (χ3v) is 2.20. The van der Waals surface area contributed by atoms with Crippen LogP contribution in [0.4, 0.5) is 13.2 Å². The second kappa shape index (κ2) is 4.17. The van der Waals surface area contributed by atoms with E-state index in [1.54, 1.807) is 30.3 Å². The molecule has 0 aliphatic heterocycles. The monoisotopic (exact) mass is 242 g/mol. The van der Waals surface area contributed by atoms with Gasteiger partial charge in [0.15, 0.2) is 0 Å². The molecule has 2 N–H and O–H groups in total. The van der Waals surface area contributed by atoms with E-state index in [4.69, 9.17) is 0 Å². The lowest BCUT2D eigenvalue weighted by Crippen LogP contribution is -2.40. The summed E-state index contributed by atoms with van der Waals surface area (Å²) in [5.74, 6) is 0. The van der Waals surface area contributed by atoms with E-state index in [1.807, 2.05) is 0 Å². The summed E-state index contributed by atoms with van der Waals surface area (Å²) < 4.78 is 39.0. The maximum atomic E-state index is 13.2. The number of aromatic nitrogens is 3. The van der Waals surface area contributed by atoms with Crippen molar-refractivity contribution in [1.29, 1.82) is 0 Å². The van der Waals surface area contributed by atoms with E-state index in [2.05, 4.69) is 16.0 Å². The molecule has 2 rings (SSSR count). The van der Waals surface area contributed by atoms with Crippen LogP contribution in [0, 0.1) is 0 Å². The van der Waals surface area contributed by atoms with E-state index in [1.165, 1.54) is 0 Å². The highest BCUT2D eigenvalue weighted by Gasteiger charge is 2.41. The number of rotatable bonds is 3. The predicted molar refractivity (Wildman–Crippen MR) is 54.7 cm³/mol. The van der Waals surface area contributed by atoms with Gasteiger partial charge in [-0.2, -0.15) is 13.5 Å². The molecule has 0 bridgehead atoms. The zero-order chi connectivity index (χ0) is 12.5. The Morgan fingerprint density at radius 2 is 1.88 bits per heavy atom. The molecule has 0 aliphatic carbocycles. The van der Waals surface area contributed by atoms with Gasteiger partial charge in [-0.15, -0.1) is 5.10 Å². The molecule has 0 saturated heterocycles. The van der Waals surface area contributed by atoms with Crippen LogP contribution in [0.2, 0.25) is 0 Å². The van der Waals surface area contributed by atoms with E-state index in [0.717, 1.165) is 6.20 Å². The molecule has 1 aromatic carbocycles. The second-order valence-electron chi connectivity index (χ2n) is 3.40. The first-order valence-electron chi connectivity index (χ1n) is 4.77. The summed E-state index contributed by atoms with van der Waals surface area (Å²) in [6, 6.07) is 4.70. The minimum absolute atomic E-state index is 0.125. The Bertz CT molecular complexity index is 495. The molecule has 0 radical (unpaired) electrons. The van der Waals surface area contributed by atoms with Crippen LogP contribution in [-0.2, 0) is 6.05 Å². The number of hydrogen-bond donors (Lipinski definition) is 1. The lowest BCUT2D eigenvalue weighted by molar-refractivity contribution is -0.151. The fraction of sp³-hybridized carbons (Fsp3) is 0.200. The largest absolute Gasteiger partial charge is 0.388 e. The number of halogens is 3. The van der Waals surface area contributed by atoms with Crippen molar-refractivity contribution < 1.29 is 13.2 Å². The standard InChI is InChI=1S/C10H9F3N4/c11-9(14)10(12,13)17-6-8(15-16-17)7-4-2-1-3-5-7/h1-6,9H,14H2/t9-/m1/s1. The highest BCUT2D eigenvalue weighted by Crippen LogP contribution is 2.25. The Morgan fingerprint density at radius 1 is 1.24 bits per heavy atom. The van der Waals surface area contributed by atoms with Gasteiger partial charge in [-0.05, 0) is 0 Å². The highest BCUT2D eigenvalue weighted by atomic mass is 19.3. The van der Waals surface area contributed by atoms with Crippen molar-refractivity contribution in [1.82, 2.24) is 15.0 Å². The van der Waals surface area contributed by atoms with Crippen molar-refractivity contribution in [3.63, 3.8) is 0 Å². The third-order valence-electron chi connectivity index (χ3n) is 2.20. The van der Waals surface area contributed by atoms with E-state index in [-0.39, 0.29) is 10.4 Å². The van der Waals surface area contributed by atoms with Crippen LogP contribution in [0.5, 0.6) is 0 Å². The smallest absolute Gasteiger partial charge is 0.295 e. The summed E-state index contributed by atoms with van der Waals surface area (Å²) in [7, 11) is 0. The lowest BCUT2D eigenvalue weighted by atomic mass is 10.2. The maximum Gasteiger partial charge on any atom is 0.388 e. The summed E-state index contributed by atoms with van der Waals surface area (Å²) in [4.78, 5) is 0. The van der Waals surface area contributed by atoms with Crippen molar-refractivity contribution in [2.75, 3.05) is 0 Å². The average Bonchev–Trinajstić information content (AvgIpc) is 2.80. The fourth-order valence-electron chi connectivity index (χ4n) is 1.28. The van der Waals surface area contributed by atoms with Crippen molar-refractivity contribution in [3.05, 3.63) is 36.5 Å². The molecular formula is C10H9F3N4. The van der Waals surface area contributed by atoms with Crippen LogP contribution in [-0.4, -0.2) is 21.3 Å². The van der Waals surface area contributed by atoms with Gasteiger partial charge in [0.25, 0.3) is 0 Å². The summed E-state index contributed by atoms with van der Waals surface area (Å²) in [6.45, 7) is 0. The summed E-state index contributed by atoms with van der Waals surface area (Å²) >= 11 is 0. The SMILES string of the molecule is N[C@@H](F)C(F)(F)n1cc(-c2ccccc2)nn1. The van der Waals surface area contributed by atoms with E-state index in [9.17, 15) is 13.2 Å². The van der Waals surface area contributed by atoms with Gasteiger partial charge in [0.05, 0.1) is 6.20 Å². The molecule has 7 heteroatoms. The Morgan fingerprint density at radius 3 is 2.47 bits per heavy atom. The molecule has 4 nitrogen and oxygen atoms in total. The number of alkyl halides is 3. The molecule has 0 spiro atoms. The molecule has 1 atom stereocenters. The molecule has 2 aromatic rings. The molecule has 0 fully saturated rings. The van der Waals surface area contributed by atoms with Crippen molar-refractivity contribution in [3.8, 4) is 11.3 Å². The van der Waals surface area contributed by atoms with Gasteiger partial charge in [-0.25, -0.2) is 4.39 Å². The van der Waals surface area contributed by atoms with Crippen molar-refractivity contribution in [2.45, 2.75) is 12.3 Å². The van der Waals surface area contributed by atoms with Crippen LogP contribution in [0.1, 0.15) is 0 Å². The first-order valence-corrected chi connectivity index (χ1v) is 4.77. The molecular weight excluding hydrogens is 233 g/mol. The third kappa shape index (κ3) is 2.14. The van der Waals surface area contributed by atoms with Crippen LogP contribution < -0.4 is 5.73 Å². The van der Waals surface area contributed by atoms with E-state index < -0.39 is 12.3 Å². The quantitative estimate of drug-likeness (QED) is 0.834. The van der Waals surface area contributed by atoms with Crippen molar-refractivity contribution >= 4 is 0 Å². The second-order valence-corrected chi connectivity index (χ2v) is 3.40. The van der Waals surface area contributed by atoms with E-state index in [0.29, 0.717) is 5.56 Å². The molecule has 1 heterocycles. The first kappa shape index (κ1) is 11.6. The lowest BCUT2D eigenvalue weighted by Gasteiger charge is -2.16. The summed E-state index contributed by atoms with van der Waals surface area (Å²) in [5, 5.41) is 6.73. The predicted octanol–water partition coefficient (Wildman–Crippen LogP) is 1.75. The number of benzene rings is 1. The van der Waals surface area contributed by atoms with Gasteiger partial charge < -0.3 is 0 Å². The molecule has 0 unspecified atom stereocenters. The summed E-state index contributed by atoms with van der Waals surface area (Å²) in [6.07, 6.45) is -1.87. The molecule has 0 saturated carbocycles. The van der Waals surface area contributed by atoms with Crippen LogP contribution in [0.25, 0.3) is 11.3 Å².